The van der Waals surface area contributed by atoms with Gasteiger partial charge < -0.3 is 15.1 Å². The molecule has 0 unspecified atom stereocenters. The number of hydrogen-bond donors (Lipinski definition) is 2. The van der Waals surface area contributed by atoms with Gasteiger partial charge in [-0.2, -0.15) is 5.10 Å². The molecule has 0 saturated heterocycles. The van der Waals surface area contributed by atoms with Crippen molar-refractivity contribution in [3.63, 3.8) is 0 Å². The van der Waals surface area contributed by atoms with E-state index in [0.717, 1.165) is 37.4 Å². The third-order valence-electron chi connectivity index (χ3n) is 4.33. The fourth-order valence-corrected chi connectivity index (χ4v) is 3.08. The molecule has 1 aliphatic heterocycles. The van der Waals surface area contributed by atoms with Crippen molar-refractivity contribution >= 4 is 6.03 Å². The second-order valence-electron chi connectivity index (χ2n) is 6.47. The smallest absolute Gasteiger partial charge is 0.345 e. The summed E-state index contributed by atoms with van der Waals surface area (Å²) in [5.41, 5.74) is -0.0359. The van der Waals surface area contributed by atoms with Crippen LogP contribution in [0.4, 0.5) is 4.79 Å². The van der Waals surface area contributed by atoms with Crippen LogP contribution in [0.5, 0.6) is 0 Å². The van der Waals surface area contributed by atoms with Gasteiger partial charge in [-0.15, -0.1) is 0 Å². The maximum absolute atomic E-state index is 12.2. The molecular formula is C17H25N5O3. The van der Waals surface area contributed by atoms with Crippen molar-refractivity contribution < 1.29 is 9.21 Å². The Balaban J connectivity index is 1.37. The third-order valence-corrected chi connectivity index (χ3v) is 4.33. The normalized spacial score (nSPS) is 14.8. The van der Waals surface area contributed by atoms with Gasteiger partial charge in [-0.3, -0.25) is 4.57 Å². The number of hydrogen-bond acceptors (Lipinski definition) is 4. The van der Waals surface area contributed by atoms with Gasteiger partial charge >= 0.3 is 11.7 Å². The van der Waals surface area contributed by atoms with Gasteiger partial charge in [0.25, 0.3) is 0 Å². The topological polar surface area (TPSA) is 94.1 Å². The van der Waals surface area contributed by atoms with Gasteiger partial charge in [0.15, 0.2) is 0 Å². The molecule has 0 fully saturated rings. The molecule has 0 bridgehead atoms. The summed E-state index contributed by atoms with van der Waals surface area (Å²) in [7, 11) is 0. The summed E-state index contributed by atoms with van der Waals surface area (Å²) in [5.74, 6) is 1.73. The lowest BCUT2D eigenvalue weighted by molar-refractivity contribution is 0.237. The van der Waals surface area contributed by atoms with Crippen molar-refractivity contribution in [2.75, 3.05) is 6.54 Å². The first-order valence-electron chi connectivity index (χ1n) is 8.87. The largest absolute Gasteiger partial charge is 0.469 e. The number of nitrogens with zero attached hydrogens (tertiary/aromatic N) is 3. The number of furan rings is 1. The number of aryl methyl sites for hydroxylation is 2. The number of rotatable bonds is 7. The quantitative estimate of drug-likeness (QED) is 0.738. The summed E-state index contributed by atoms with van der Waals surface area (Å²) in [5, 5.41) is 10.1. The Kier molecular flexibility index (Phi) is 5.57. The van der Waals surface area contributed by atoms with Crippen LogP contribution in [0.15, 0.2) is 27.6 Å². The highest BCUT2D eigenvalue weighted by Gasteiger charge is 2.16. The maximum atomic E-state index is 12.2. The number of nitrogens with one attached hydrogen (secondary N) is 2. The van der Waals surface area contributed by atoms with Crippen molar-refractivity contribution in [2.45, 2.75) is 58.2 Å². The minimum absolute atomic E-state index is 0.0198. The molecule has 0 radical (unpaired) electrons. The van der Waals surface area contributed by atoms with E-state index in [1.165, 1.54) is 4.68 Å². The molecular weight excluding hydrogens is 322 g/mol. The molecule has 0 aromatic carbocycles. The fourth-order valence-electron chi connectivity index (χ4n) is 3.08. The summed E-state index contributed by atoms with van der Waals surface area (Å²) < 4.78 is 8.54. The average molecular weight is 347 g/mol. The Hall–Kier alpha value is -2.51. The Morgan fingerprint density at radius 2 is 2.32 bits per heavy atom. The SMILES string of the molecule is C[C@H](Cc1ccco1)NC(=O)NCCCn1nc2n(c1=O)CCCC2. The number of fused-ring (bicyclic) bond motifs is 1. The van der Waals surface area contributed by atoms with Gasteiger partial charge in [0.05, 0.1) is 6.26 Å². The van der Waals surface area contributed by atoms with Gasteiger partial charge in [-0.1, -0.05) is 0 Å². The highest BCUT2D eigenvalue weighted by Crippen LogP contribution is 2.09. The molecule has 0 saturated carbocycles. The van der Waals surface area contributed by atoms with Crippen LogP contribution >= 0.6 is 0 Å². The molecule has 2 aromatic heterocycles. The zero-order valence-corrected chi connectivity index (χ0v) is 14.5. The highest BCUT2D eigenvalue weighted by atomic mass is 16.3. The number of aromatic nitrogens is 3. The second-order valence-corrected chi connectivity index (χ2v) is 6.47. The lowest BCUT2D eigenvalue weighted by Crippen LogP contribution is -2.42. The highest BCUT2D eigenvalue weighted by molar-refractivity contribution is 5.74. The molecule has 1 aliphatic rings. The number of carbonyl (C=O) groups excluding carboxylic acids is 1. The monoisotopic (exact) mass is 347 g/mol. The zero-order valence-electron chi connectivity index (χ0n) is 14.5. The molecule has 136 valence electrons. The van der Waals surface area contributed by atoms with Crippen LogP contribution in [0.2, 0.25) is 0 Å². The molecule has 2 amide bonds. The van der Waals surface area contributed by atoms with Crippen LogP contribution < -0.4 is 16.3 Å². The van der Waals surface area contributed by atoms with E-state index in [4.69, 9.17) is 4.42 Å². The van der Waals surface area contributed by atoms with E-state index in [9.17, 15) is 9.59 Å². The standard InChI is InChI=1S/C17H25N5O3/c1-13(12-14-6-4-11-25-14)19-16(23)18-8-5-10-22-17(24)21-9-3-2-7-15(21)20-22/h4,6,11,13H,2-3,5,7-10,12H2,1H3,(H2,18,19,23)/t13-/m1/s1. The van der Waals surface area contributed by atoms with Crippen LogP contribution in [0.1, 0.15) is 37.8 Å². The molecule has 2 aromatic rings. The van der Waals surface area contributed by atoms with E-state index in [1.807, 2.05) is 19.1 Å². The minimum atomic E-state index is -0.212. The van der Waals surface area contributed by atoms with Gasteiger partial charge in [0.2, 0.25) is 0 Å². The van der Waals surface area contributed by atoms with E-state index < -0.39 is 0 Å². The van der Waals surface area contributed by atoms with Gasteiger partial charge in [-0.05, 0) is 38.3 Å². The summed E-state index contributed by atoms with van der Waals surface area (Å²) in [4.78, 5) is 24.1. The van der Waals surface area contributed by atoms with E-state index >= 15 is 0 Å². The van der Waals surface area contributed by atoms with Crippen molar-refractivity contribution in [3.8, 4) is 0 Å². The van der Waals surface area contributed by atoms with Gasteiger partial charge in [-0.25, -0.2) is 14.3 Å². The first-order valence-corrected chi connectivity index (χ1v) is 8.87. The molecule has 1 atom stereocenters. The molecule has 8 heteroatoms. The molecule has 25 heavy (non-hydrogen) atoms. The molecule has 8 nitrogen and oxygen atoms in total. The predicted octanol–water partition coefficient (Wildman–Crippen LogP) is 1.29. The minimum Gasteiger partial charge on any atom is -0.469 e. The molecule has 0 spiro atoms. The van der Waals surface area contributed by atoms with Crippen molar-refractivity contribution in [2.24, 2.45) is 0 Å². The van der Waals surface area contributed by atoms with Crippen LogP contribution in [0.25, 0.3) is 0 Å². The average Bonchev–Trinajstić information content (AvgIpc) is 3.20. The van der Waals surface area contributed by atoms with Gasteiger partial charge in [0, 0.05) is 38.5 Å². The number of carbonyl (C=O) groups is 1. The van der Waals surface area contributed by atoms with Crippen LogP contribution in [-0.4, -0.2) is 33.0 Å². The van der Waals surface area contributed by atoms with E-state index in [0.29, 0.717) is 25.9 Å². The number of urea groups is 1. The van der Waals surface area contributed by atoms with Crippen LogP contribution in [0.3, 0.4) is 0 Å². The van der Waals surface area contributed by atoms with Crippen molar-refractivity contribution in [3.05, 3.63) is 40.5 Å². The van der Waals surface area contributed by atoms with E-state index in [1.54, 1.807) is 10.8 Å². The Bertz CT molecular complexity index is 747. The second kappa shape index (κ2) is 8.04. The summed E-state index contributed by atoms with van der Waals surface area (Å²) in [6.07, 6.45) is 5.94. The fraction of sp³-hybridized carbons (Fsp3) is 0.588. The Labute approximate surface area is 146 Å². The van der Waals surface area contributed by atoms with E-state index in [-0.39, 0.29) is 17.8 Å². The summed E-state index contributed by atoms with van der Waals surface area (Å²) >= 11 is 0. The lowest BCUT2D eigenvalue weighted by atomic mass is 10.2. The van der Waals surface area contributed by atoms with Crippen molar-refractivity contribution in [1.29, 1.82) is 0 Å². The molecule has 2 N–H and O–H groups in total. The summed E-state index contributed by atoms with van der Waals surface area (Å²) in [6.45, 7) is 3.70. The predicted molar refractivity (Wildman–Crippen MR) is 92.5 cm³/mol. The Morgan fingerprint density at radius 1 is 1.44 bits per heavy atom. The molecule has 3 heterocycles. The summed E-state index contributed by atoms with van der Waals surface area (Å²) in [6, 6.07) is 3.49. The molecule has 0 aliphatic carbocycles. The first kappa shape index (κ1) is 17.3. The maximum Gasteiger partial charge on any atom is 0.345 e. The lowest BCUT2D eigenvalue weighted by Gasteiger charge is -2.13. The third kappa shape index (κ3) is 4.52. The van der Waals surface area contributed by atoms with Crippen LogP contribution in [-0.2, 0) is 25.9 Å². The Morgan fingerprint density at radius 3 is 3.08 bits per heavy atom. The molecule has 3 rings (SSSR count). The van der Waals surface area contributed by atoms with Crippen LogP contribution in [0, 0.1) is 0 Å². The number of amides is 2. The zero-order chi connectivity index (χ0) is 17.6. The van der Waals surface area contributed by atoms with Crippen molar-refractivity contribution in [1.82, 2.24) is 25.0 Å². The van der Waals surface area contributed by atoms with Gasteiger partial charge in [0.1, 0.15) is 11.6 Å². The van der Waals surface area contributed by atoms with E-state index in [2.05, 4.69) is 15.7 Å². The first-order chi connectivity index (χ1) is 12.1.